The third-order valence-electron chi connectivity index (χ3n) is 1.68. The van der Waals surface area contributed by atoms with Gasteiger partial charge < -0.3 is 16.4 Å². The number of carbonyl (C=O) groups is 1. The van der Waals surface area contributed by atoms with Crippen LogP contribution in [0.15, 0.2) is 18.3 Å². The molecule has 0 saturated heterocycles. The largest absolute Gasteiger partial charge is 0.384 e. The predicted molar refractivity (Wildman–Crippen MR) is 60.4 cm³/mol. The molecule has 15 heavy (non-hydrogen) atoms. The van der Waals surface area contributed by atoms with Crippen molar-refractivity contribution in [2.24, 2.45) is 0 Å². The van der Waals surface area contributed by atoms with E-state index in [0.29, 0.717) is 5.82 Å². The average Bonchev–Trinajstić information content (AvgIpc) is 2.14. The second kappa shape index (κ2) is 5.19. The maximum atomic E-state index is 11.3. The molecule has 0 aliphatic rings. The Bertz CT molecular complexity index is 338. The van der Waals surface area contributed by atoms with Gasteiger partial charge in [-0.2, -0.15) is 0 Å². The third kappa shape index (κ3) is 4.30. The smallest absolute Gasteiger partial charge is 0.239 e. The Balaban J connectivity index is 2.40. The second-order valence-corrected chi connectivity index (χ2v) is 3.55. The summed E-state index contributed by atoms with van der Waals surface area (Å²) in [6.07, 6.45) is 1.60. The predicted octanol–water partition coefficient (Wildman–Crippen LogP) is 0.600. The molecule has 1 rings (SSSR count). The zero-order chi connectivity index (χ0) is 11.3. The molecule has 0 aliphatic carbocycles. The molecule has 1 aromatic heterocycles. The van der Waals surface area contributed by atoms with Crippen LogP contribution in [0.4, 0.5) is 11.5 Å². The number of carbonyl (C=O) groups excluding carboxylic acids is 1. The number of nitrogen functional groups attached to an aromatic ring is 1. The van der Waals surface area contributed by atoms with Crippen molar-refractivity contribution in [2.45, 2.75) is 19.9 Å². The van der Waals surface area contributed by atoms with Crippen LogP contribution in [0, 0.1) is 0 Å². The van der Waals surface area contributed by atoms with Gasteiger partial charge in [-0.3, -0.25) is 4.79 Å². The molecule has 1 amide bonds. The standard InChI is InChI=1S/C10H16N4O/c1-7(2)14-10(15)6-13-8-3-4-12-9(11)5-8/h3-5,7H,6H2,1-2H3,(H,14,15)(H3,11,12,13). The van der Waals surface area contributed by atoms with Crippen LogP contribution in [0.1, 0.15) is 13.8 Å². The Morgan fingerprint density at radius 3 is 2.93 bits per heavy atom. The van der Waals surface area contributed by atoms with E-state index in [4.69, 9.17) is 5.73 Å². The van der Waals surface area contributed by atoms with Gasteiger partial charge in [0.25, 0.3) is 0 Å². The van der Waals surface area contributed by atoms with Crippen LogP contribution in [0.25, 0.3) is 0 Å². The monoisotopic (exact) mass is 208 g/mol. The molecule has 0 bridgehead atoms. The van der Waals surface area contributed by atoms with Crippen molar-refractivity contribution in [1.82, 2.24) is 10.3 Å². The van der Waals surface area contributed by atoms with Crippen molar-refractivity contribution in [1.29, 1.82) is 0 Å². The van der Waals surface area contributed by atoms with Crippen molar-refractivity contribution >= 4 is 17.4 Å². The molecule has 5 heteroatoms. The van der Waals surface area contributed by atoms with Crippen molar-refractivity contribution in [2.75, 3.05) is 17.6 Å². The molecule has 0 saturated carbocycles. The van der Waals surface area contributed by atoms with E-state index in [0.717, 1.165) is 5.69 Å². The number of anilines is 2. The number of amides is 1. The number of aromatic nitrogens is 1. The van der Waals surface area contributed by atoms with E-state index in [1.165, 1.54) is 0 Å². The molecule has 0 aliphatic heterocycles. The summed E-state index contributed by atoms with van der Waals surface area (Å²) in [4.78, 5) is 15.1. The summed E-state index contributed by atoms with van der Waals surface area (Å²) < 4.78 is 0. The Morgan fingerprint density at radius 1 is 1.60 bits per heavy atom. The van der Waals surface area contributed by atoms with Gasteiger partial charge in [-0.1, -0.05) is 0 Å². The van der Waals surface area contributed by atoms with E-state index in [1.54, 1.807) is 18.3 Å². The van der Waals surface area contributed by atoms with E-state index in [9.17, 15) is 4.79 Å². The molecule has 4 N–H and O–H groups in total. The normalized spacial score (nSPS) is 10.1. The van der Waals surface area contributed by atoms with Gasteiger partial charge in [0, 0.05) is 24.0 Å². The molecule has 0 unspecified atom stereocenters. The number of nitrogens with two attached hydrogens (primary N) is 1. The number of rotatable bonds is 4. The lowest BCUT2D eigenvalue weighted by atomic mass is 10.3. The Hall–Kier alpha value is -1.78. The number of nitrogens with one attached hydrogen (secondary N) is 2. The summed E-state index contributed by atoms with van der Waals surface area (Å²) in [6, 6.07) is 3.60. The fraction of sp³-hybridized carbons (Fsp3) is 0.400. The first-order valence-corrected chi connectivity index (χ1v) is 4.82. The molecule has 1 heterocycles. The molecule has 0 aromatic carbocycles. The van der Waals surface area contributed by atoms with Crippen LogP contribution < -0.4 is 16.4 Å². The van der Waals surface area contributed by atoms with Crippen molar-refractivity contribution in [3.63, 3.8) is 0 Å². The van der Waals surface area contributed by atoms with E-state index < -0.39 is 0 Å². The number of hydrogen-bond donors (Lipinski definition) is 3. The number of nitrogens with zero attached hydrogens (tertiary/aromatic N) is 1. The van der Waals surface area contributed by atoms with Crippen LogP contribution in [0.3, 0.4) is 0 Å². The Kier molecular flexibility index (Phi) is 3.91. The molecule has 82 valence electrons. The van der Waals surface area contributed by atoms with Crippen molar-refractivity contribution in [3.8, 4) is 0 Å². The van der Waals surface area contributed by atoms with Gasteiger partial charge >= 0.3 is 0 Å². The Morgan fingerprint density at radius 2 is 2.33 bits per heavy atom. The minimum atomic E-state index is -0.0413. The number of pyridine rings is 1. The maximum Gasteiger partial charge on any atom is 0.239 e. The van der Waals surface area contributed by atoms with E-state index in [-0.39, 0.29) is 18.5 Å². The SMILES string of the molecule is CC(C)NC(=O)CNc1ccnc(N)c1. The highest BCUT2D eigenvalue weighted by molar-refractivity contribution is 5.80. The molecule has 0 spiro atoms. The summed E-state index contributed by atoms with van der Waals surface area (Å²) >= 11 is 0. The van der Waals surface area contributed by atoms with Gasteiger partial charge in [-0.25, -0.2) is 4.98 Å². The van der Waals surface area contributed by atoms with Crippen molar-refractivity contribution < 1.29 is 4.79 Å². The molecular formula is C10H16N4O. The van der Waals surface area contributed by atoms with Crippen molar-refractivity contribution in [3.05, 3.63) is 18.3 Å². The molecule has 0 fully saturated rings. The Labute approximate surface area is 89.1 Å². The summed E-state index contributed by atoms with van der Waals surface area (Å²) in [6.45, 7) is 4.08. The van der Waals surface area contributed by atoms with Crippen LogP contribution in [-0.2, 0) is 4.79 Å². The van der Waals surface area contributed by atoms with E-state index >= 15 is 0 Å². The first-order chi connectivity index (χ1) is 7.08. The maximum absolute atomic E-state index is 11.3. The van der Waals surface area contributed by atoms with E-state index in [2.05, 4.69) is 15.6 Å². The minimum Gasteiger partial charge on any atom is -0.384 e. The average molecular weight is 208 g/mol. The third-order valence-corrected chi connectivity index (χ3v) is 1.68. The zero-order valence-electron chi connectivity index (χ0n) is 8.95. The highest BCUT2D eigenvalue weighted by Crippen LogP contribution is 2.07. The summed E-state index contributed by atoms with van der Waals surface area (Å²) in [5.74, 6) is 0.393. The highest BCUT2D eigenvalue weighted by atomic mass is 16.1. The molecule has 0 radical (unpaired) electrons. The minimum absolute atomic E-state index is 0.0413. The van der Waals surface area contributed by atoms with Crippen LogP contribution in [-0.4, -0.2) is 23.5 Å². The van der Waals surface area contributed by atoms with Gasteiger partial charge in [-0.05, 0) is 19.9 Å². The van der Waals surface area contributed by atoms with Gasteiger partial charge in [-0.15, -0.1) is 0 Å². The lowest BCUT2D eigenvalue weighted by molar-refractivity contribution is -0.119. The fourth-order valence-electron chi connectivity index (χ4n) is 1.11. The summed E-state index contributed by atoms with van der Waals surface area (Å²) in [5.41, 5.74) is 6.29. The highest BCUT2D eigenvalue weighted by Gasteiger charge is 2.02. The topological polar surface area (TPSA) is 80.0 Å². The lowest BCUT2D eigenvalue weighted by Crippen LogP contribution is -2.34. The van der Waals surface area contributed by atoms with Gasteiger partial charge in [0.1, 0.15) is 5.82 Å². The van der Waals surface area contributed by atoms with Crippen LogP contribution >= 0.6 is 0 Å². The van der Waals surface area contributed by atoms with Gasteiger partial charge in [0.15, 0.2) is 0 Å². The zero-order valence-corrected chi connectivity index (χ0v) is 8.95. The molecular weight excluding hydrogens is 192 g/mol. The molecule has 1 aromatic rings. The van der Waals surface area contributed by atoms with Crippen LogP contribution in [0.5, 0.6) is 0 Å². The molecule has 0 atom stereocenters. The van der Waals surface area contributed by atoms with Crippen LogP contribution in [0.2, 0.25) is 0 Å². The first-order valence-electron chi connectivity index (χ1n) is 4.82. The van der Waals surface area contributed by atoms with Gasteiger partial charge in [0.05, 0.1) is 6.54 Å². The summed E-state index contributed by atoms with van der Waals surface area (Å²) in [5, 5.41) is 5.74. The molecule has 5 nitrogen and oxygen atoms in total. The fourth-order valence-corrected chi connectivity index (χ4v) is 1.11. The second-order valence-electron chi connectivity index (χ2n) is 3.55. The summed E-state index contributed by atoms with van der Waals surface area (Å²) in [7, 11) is 0. The van der Waals surface area contributed by atoms with Gasteiger partial charge in [0.2, 0.25) is 5.91 Å². The first kappa shape index (κ1) is 11.3. The number of hydrogen-bond acceptors (Lipinski definition) is 4. The quantitative estimate of drug-likeness (QED) is 0.677. The van der Waals surface area contributed by atoms with E-state index in [1.807, 2.05) is 13.8 Å². The lowest BCUT2D eigenvalue weighted by Gasteiger charge is -2.09.